The molecule has 2 aromatic rings. The predicted molar refractivity (Wildman–Crippen MR) is 72.0 cm³/mol. The third kappa shape index (κ3) is 2.57. The van der Waals surface area contributed by atoms with Gasteiger partial charge in [-0.15, -0.1) is 10.2 Å². The van der Waals surface area contributed by atoms with Crippen LogP contribution in [0.1, 0.15) is 20.8 Å². The summed E-state index contributed by atoms with van der Waals surface area (Å²) in [5.74, 6) is 1.45. The van der Waals surface area contributed by atoms with Crippen molar-refractivity contribution in [2.75, 3.05) is 11.9 Å². The molecule has 1 N–H and O–H groups in total. The minimum atomic E-state index is 0.581. The molecule has 0 bridgehead atoms. The molecule has 17 heavy (non-hydrogen) atoms. The first-order valence-corrected chi connectivity index (χ1v) is 6.54. The fourth-order valence-corrected chi connectivity index (χ4v) is 1.95. The highest BCUT2D eigenvalue weighted by molar-refractivity contribution is 9.10. The molecule has 5 nitrogen and oxygen atoms in total. The van der Waals surface area contributed by atoms with Gasteiger partial charge in [0, 0.05) is 19.2 Å². The SMILES string of the molecule is CCn1c(NCC(C)C)nc2nnc(Br)cc21. The Morgan fingerprint density at radius 2 is 2.18 bits per heavy atom. The third-order valence-corrected chi connectivity index (χ3v) is 2.86. The van der Waals surface area contributed by atoms with Crippen LogP contribution >= 0.6 is 15.9 Å². The monoisotopic (exact) mass is 297 g/mol. The Kier molecular flexibility index (Phi) is 3.61. The molecule has 0 fully saturated rings. The maximum absolute atomic E-state index is 4.45. The molecule has 92 valence electrons. The van der Waals surface area contributed by atoms with Gasteiger partial charge in [-0.05, 0) is 28.8 Å². The number of nitrogens with one attached hydrogen (secondary N) is 1. The van der Waals surface area contributed by atoms with Crippen LogP contribution in [-0.4, -0.2) is 26.3 Å². The van der Waals surface area contributed by atoms with E-state index in [1.54, 1.807) is 0 Å². The molecule has 0 aliphatic carbocycles. The summed E-state index contributed by atoms with van der Waals surface area (Å²) in [7, 11) is 0. The van der Waals surface area contributed by atoms with Gasteiger partial charge in [-0.3, -0.25) is 0 Å². The van der Waals surface area contributed by atoms with Crippen LogP contribution in [0.4, 0.5) is 5.95 Å². The molecule has 0 amide bonds. The van der Waals surface area contributed by atoms with Gasteiger partial charge in [-0.1, -0.05) is 13.8 Å². The average Bonchev–Trinajstić information content (AvgIpc) is 2.63. The number of rotatable bonds is 4. The van der Waals surface area contributed by atoms with Gasteiger partial charge in [0.2, 0.25) is 11.6 Å². The number of fused-ring (bicyclic) bond motifs is 1. The lowest BCUT2D eigenvalue weighted by Crippen LogP contribution is -2.12. The zero-order valence-corrected chi connectivity index (χ0v) is 11.8. The number of imidazole rings is 1. The van der Waals surface area contributed by atoms with Crippen LogP contribution in [0, 0.1) is 5.92 Å². The fourth-order valence-electron chi connectivity index (χ4n) is 1.66. The van der Waals surface area contributed by atoms with Crippen LogP contribution in [0.5, 0.6) is 0 Å². The van der Waals surface area contributed by atoms with Gasteiger partial charge in [-0.2, -0.15) is 4.98 Å². The maximum atomic E-state index is 4.45. The highest BCUT2D eigenvalue weighted by atomic mass is 79.9. The first-order valence-electron chi connectivity index (χ1n) is 5.75. The average molecular weight is 298 g/mol. The van der Waals surface area contributed by atoms with Crippen LogP contribution in [0.3, 0.4) is 0 Å². The molecule has 6 heteroatoms. The van der Waals surface area contributed by atoms with E-state index >= 15 is 0 Å². The van der Waals surface area contributed by atoms with E-state index in [2.05, 4.69) is 61.8 Å². The molecule has 0 atom stereocenters. The van der Waals surface area contributed by atoms with E-state index in [0.717, 1.165) is 29.2 Å². The zero-order chi connectivity index (χ0) is 12.4. The van der Waals surface area contributed by atoms with E-state index in [4.69, 9.17) is 0 Å². The first-order chi connectivity index (χ1) is 8.11. The third-order valence-electron chi connectivity index (χ3n) is 2.47. The topological polar surface area (TPSA) is 55.6 Å². The number of anilines is 1. The van der Waals surface area contributed by atoms with E-state index in [0.29, 0.717) is 11.6 Å². The van der Waals surface area contributed by atoms with E-state index < -0.39 is 0 Å². The van der Waals surface area contributed by atoms with Gasteiger partial charge >= 0.3 is 0 Å². The minimum absolute atomic E-state index is 0.581. The molecule has 0 spiro atoms. The summed E-state index contributed by atoms with van der Waals surface area (Å²) in [5, 5.41) is 11.4. The first kappa shape index (κ1) is 12.3. The van der Waals surface area contributed by atoms with Crippen molar-refractivity contribution in [3.8, 4) is 0 Å². The Morgan fingerprint density at radius 1 is 1.41 bits per heavy atom. The molecule has 0 aliphatic rings. The van der Waals surface area contributed by atoms with E-state index in [-0.39, 0.29) is 0 Å². The molecular formula is C11H16BrN5. The largest absolute Gasteiger partial charge is 0.355 e. The van der Waals surface area contributed by atoms with Crippen molar-refractivity contribution in [2.45, 2.75) is 27.3 Å². The van der Waals surface area contributed by atoms with Crippen LogP contribution < -0.4 is 5.32 Å². The number of halogens is 1. The molecule has 0 aliphatic heterocycles. The van der Waals surface area contributed by atoms with Crippen molar-refractivity contribution in [1.82, 2.24) is 19.7 Å². The molecular weight excluding hydrogens is 282 g/mol. The maximum Gasteiger partial charge on any atom is 0.205 e. The molecule has 2 heterocycles. The van der Waals surface area contributed by atoms with E-state index in [1.165, 1.54) is 0 Å². The minimum Gasteiger partial charge on any atom is -0.355 e. The molecule has 2 aromatic heterocycles. The Morgan fingerprint density at radius 3 is 2.82 bits per heavy atom. The van der Waals surface area contributed by atoms with Crippen molar-refractivity contribution in [3.05, 3.63) is 10.7 Å². The number of aromatic nitrogens is 4. The molecule has 0 saturated carbocycles. The lowest BCUT2D eigenvalue weighted by atomic mass is 10.2. The van der Waals surface area contributed by atoms with Gasteiger partial charge in [0.05, 0.1) is 5.52 Å². The predicted octanol–water partition coefficient (Wildman–Crippen LogP) is 2.68. The van der Waals surface area contributed by atoms with Crippen LogP contribution in [0.25, 0.3) is 11.2 Å². The quantitative estimate of drug-likeness (QED) is 0.943. The summed E-state index contributed by atoms with van der Waals surface area (Å²) in [6, 6.07) is 1.94. The second-order valence-electron chi connectivity index (χ2n) is 4.33. The lowest BCUT2D eigenvalue weighted by Gasteiger charge is -2.09. The second-order valence-corrected chi connectivity index (χ2v) is 5.14. The van der Waals surface area contributed by atoms with Crippen molar-refractivity contribution >= 4 is 33.0 Å². The summed E-state index contributed by atoms with van der Waals surface area (Å²) in [6.07, 6.45) is 0. The van der Waals surface area contributed by atoms with Crippen molar-refractivity contribution < 1.29 is 0 Å². The summed E-state index contributed by atoms with van der Waals surface area (Å²) in [6.45, 7) is 8.19. The number of hydrogen-bond acceptors (Lipinski definition) is 4. The summed E-state index contributed by atoms with van der Waals surface area (Å²) in [5.41, 5.74) is 1.68. The molecule has 0 radical (unpaired) electrons. The fraction of sp³-hybridized carbons (Fsp3) is 0.545. The lowest BCUT2D eigenvalue weighted by molar-refractivity contribution is 0.676. The van der Waals surface area contributed by atoms with Crippen LogP contribution in [0.15, 0.2) is 10.7 Å². The van der Waals surface area contributed by atoms with Gasteiger partial charge < -0.3 is 9.88 Å². The Hall–Kier alpha value is -1.17. The number of hydrogen-bond donors (Lipinski definition) is 1. The standard InChI is InChI=1S/C11H16BrN5/c1-4-17-8-5-9(12)15-16-10(8)14-11(17)13-6-7(2)3/h5,7H,4,6H2,1-3H3,(H,13,14,16). The van der Waals surface area contributed by atoms with E-state index in [1.807, 2.05) is 6.07 Å². The van der Waals surface area contributed by atoms with Crippen molar-refractivity contribution in [1.29, 1.82) is 0 Å². The van der Waals surface area contributed by atoms with Crippen molar-refractivity contribution in [3.63, 3.8) is 0 Å². The van der Waals surface area contributed by atoms with Gasteiger partial charge in [0.15, 0.2) is 0 Å². The Labute approximate surface area is 109 Å². The Bertz CT molecular complexity index is 520. The van der Waals surface area contributed by atoms with Crippen LogP contribution in [0.2, 0.25) is 0 Å². The smallest absolute Gasteiger partial charge is 0.205 e. The number of aryl methyl sites for hydroxylation is 1. The molecule has 2 rings (SSSR count). The summed E-state index contributed by atoms with van der Waals surface area (Å²) in [4.78, 5) is 4.45. The highest BCUT2D eigenvalue weighted by Crippen LogP contribution is 2.20. The highest BCUT2D eigenvalue weighted by Gasteiger charge is 2.11. The van der Waals surface area contributed by atoms with E-state index in [9.17, 15) is 0 Å². The van der Waals surface area contributed by atoms with Gasteiger partial charge in [-0.25, -0.2) is 0 Å². The normalized spacial score (nSPS) is 11.4. The molecule has 0 aromatic carbocycles. The summed E-state index contributed by atoms with van der Waals surface area (Å²) < 4.78 is 2.84. The molecule has 0 unspecified atom stereocenters. The zero-order valence-electron chi connectivity index (χ0n) is 10.2. The van der Waals surface area contributed by atoms with Gasteiger partial charge in [0.25, 0.3) is 0 Å². The summed E-state index contributed by atoms with van der Waals surface area (Å²) >= 11 is 3.33. The molecule has 0 saturated heterocycles. The van der Waals surface area contributed by atoms with Gasteiger partial charge in [0.1, 0.15) is 4.60 Å². The Balaban J connectivity index is 2.41. The van der Waals surface area contributed by atoms with Crippen molar-refractivity contribution in [2.24, 2.45) is 5.92 Å². The van der Waals surface area contributed by atoms with Crippen LogP contribution in [-0.2, 0) is 6.54 Å². The second kappa shape index (κ2) is 5.00. The number of nitrogens with zero attached hydrogens (tertiary/aromatic N) is 4.